The summed E-state index contributed by atoms with van der Waals surface area (Å²) < 4.78 is 11.5. The van der Waals surface area contributed by atoms with Crippen LogP contribution in [-0.4, -0.2) is 0 Å². The highest BCUT2D eigenvalue weighted by molar-refractivity contribution is 8.22. The molecule has 0 bridgehead atoms. The zero-order chi connectivity index (χ0) is 18.4. The fourth-order valence-corrected chi connectivity index (χ4v) is 4.24. The molecular weight excluding hydrogens is 371 g/mol. The molecule has 0 saturated heterocycles. The van der Waals surface area contributed by atoms with Crippen molar-refractivity contribution >= 4 is 28.9 Å². The molecule has 0 aliphatic heterocycles. The van der Waals surface area contributed by atoms with Crippen molar-refractivity contribution in [1.82, 2.24) is 0 Å². The lowest BCUT2D eigenvalue weighted by molar-refractivity contribution is 0.504. The second-order valence-electron chi connectivity index (χ2n) is 6.37. The predicted octanol–water partition coefficient (Wildman–Crippen LogP) is 7.63. The molecule has 0 aliphatic rings. The van der Waals surface area contributed by atoms with Gasteiger partial charge in [-0.1, -0.05) is 52.0 Å². The molecule has 2 aromatic carbocycles. The molecule has 0 amide bonds. The highest BCUT2D eigenvalue weighted by Gasteiger charge is 2.19. The highest BCUT2D eigenvalue weighted by Crippen LogP contribution is 2.53. The summed E-state index contributed by atoms with van der Waals surface area (Å²) in [5, 5.41) is 0. The van der Waals surface area contributed by atoms with Crippen LogP contribution in [0.15, 0.2) is 48.5 Å². The van der Waals surface area contributed by atoms with Gasteiger partial charge in [0.15, 0.2) is 0 Å². The molecule has 2 aromatic rings. The monoisotopic (exact) mass is 396 g/mol. The van der Waals surface area contributed by atoms with E-state index in [-0.39, 0.29) is 0 Å². The van der Waals surface area contributed by atoms with Crippen LogP contribution in [0.2, 0.25) is 0 Å². The standard InChI is InChI=1S/C20H26ClO2PS/c1-5-15(3)17-7-11-19(12-8-17)22-24(21,25)23-20-13-9-18(10-14-20)16(4)6-2/h7-16H,5-6H2,1-4H3. The lowest BCUT2D eigenvalue weighted by Crippen LogP contribution is -1.97. The van der Waals surface area contributed by atoms with Crippen molar-refractivity contribution in [3.05, 3.63) is 59.7 Å². The van der Waals surface area contributed by atoms with E-state index in [2.05, 4.69) is 52.0 Å². The van der Waals surface area contributed by atoms with Gasteiger partial charge in [-0.05, 0) is 71.3 Å². The summed E-state index contributed by atoms with van der Waals surface area (Å²) in [7, 11) is 0. The molecule has 0 heterocycles. The van der Waals surface area contributed by atoms with E-state index in [9.17, 15) is 0 Å². The van der Waals surface area contributed by atoms with Gasteiger partial charge < -0.3 is 9.05 Å². The van der Waals surface area contributed by atoms with Gasteiger partial charge in [-0.15, -0.1) is 0 Å². The molecule has 0 fully saturated rings. The van der Waals surface area contributed by atoms with E-state index < -0.39 is 5.84 Å². The topological polar surface area (TPSA) is 18.5 Å². The number of halogens is 1. The molecule has 25 heavy (non-hydrogen) atoms. The fourth-order valence-electron chi connectivity index (χ4n) is 2.46. The van der Waals surface area contributed by atoms with Gasteiger partial charge in [0.25, 0.3) is 0 Å². The average Bonchev–Trinajstić information content (AvgIpc) is 2.61. The lowest BCUT2D eigenvalue weighted by Gasteiger charge is -2.18. The summed E-state index contributed by atoms with van der Waals surface area (Å²) in [5.41, 5.74) is 2.55. The summed E-state index contributed by atoms with van der Waals surface area (Å²) in [6.07, 6.45) is 2.20. The van der Waals surface area contributed by atoms with Gasteiger partial charge in [0, 0.05) is 11.8 Å². The Morgan fingerprint density at radius 1 is 0.800 bits per heavy atom. The Balaban J connectivity index is 2.02. The third kappa shape index (κ3) is 6.02. The van der Waals surface area contributed by atoms with E-state index in [1.807, 2.05) is 24.3 Å². The Morgan fingerprint density at radius 3 is 1.40 bits per heavy atom. The molecule has 0 saturated carbocycles. The summed E-state index contributed by atoms with van der Waals surface area (Å²) in [6.45, 7) is 8.75. The number of rotatable bonds is 8. The van der Waals surface area contributed by atoms with Crippen molar-refractivity contribution in [2.24, 2.45) is 0 Å². The van der Waals surface area contributed by atoms with Crippen LogP contribution in [0.4, 0.5) is 0 Å². The number of hydrogen-bond acceptors (Lipinski definition) is 3. The Morgan fingerprint density at radius 2 is 1.12 bits per heavy atom. The number of benzene rings is 2. The Bertz CT molecular complexity index is 656. The van der Waals surface area contributed by atoms with Crippen LogP contribution in [0.25, 0.3) is 0 Å². The third-order valence-electron chi connectivity index (χ3n) is 4.55. The first kappa shape index (κ1) is 20.3. The van der Waals surface area contributed by atoms with Crippen LogP contribution >= 0.6 is 17.1 Å². The van der Waals surface area contributed by atoms with Gasteiger partial charge in [0.2, 0.25) is 0 Å². The maximum absolute atomic E-state index is 6.35. The van der Waals surface area contributed by atoms with Crippen LogP contribution in [0.1, 0.15) is 63.5 Å². The van der Waals surface area contributed by atoms with Crippen LogP contribution in [0.5, 0.6) is 11.5 Å². The van der Waals surface area contributed by atoms with E-state index in [0.29, 0.717) is 23.3 Å². The molecule has 2 rings (SSSR count). The van der Waals surface area contributed by atoms with Gasteiger partial charge in [-0.3, -0.25) is 0 Å². The third-order valence-corrected chi connectivity index (χ3v) is 6.27. The van der Waals surface area contributed by atoms with Crippen molar-refractivity contribution in [3.63, 3.8) is 0 Å². The van der Waals surface area contributed by atoms with E-state index in [0.717, 1.165) is 12.8 Å². The first-order chi connectivity index (χ1) is 11.8. The SMILES string of the molecule is CCC(C)c1ccc(OP(=S)(Cl)Oc2ccc(C(C)CC)cc2)cc1. The van der Waals surface area contributed by atoms with Crippen LogP contribution in [0.3, 0.4) is 0 Å². The predicted molar refractivity (Wildman–Crippen MR) is 112 cm³/mol. The van der Waals surface area contributed by atoms with Gasteiger partial charge >= 0.3 is 5.84 Å². The highest BCUT2D eigenvalue weighted by atomic mass is 35.7. The molecule has 0 radical (unpaired) electrons. The minimum absolute atomic E-state index is 0.522. The van der Waals surface area contributed by atoms with Gasteiger partial charge in [-0.2, -0.15) is 0 Å². The molecule has 136 valence electrons. The second kappa shape index (κ2) is 9.07. The summed E-state index contributed by atoms with van der Waals surface area (Å²) in [6, 6.07) is 15.8. The molecule has 2 atom stereocenters. The molecule has 0 aromatic heterocycles. The zero-order valence-electron chi connectivity index (χ0n) is 15.2. The van der Waals surface area contributed by atoms with Crippen LogP contribution < -0.4 is 9.05 Å². The maximum Gasteiger partial charge on any atom is 0.384 e. The molecule has 2 unspecified atom stereocenters. The normalized spacial score (nSPS) is 15.9. The van der Waals surface area contributed by atoms with Gasteiger partial charge in [-0.25, -0.2) is 0 Å². The Kier molecular flexibility index (Phi) is 7.37. The molecular formula is C20H26ClO2PS. The Labute approximate surface area is 161 Å². The summed E-state index contributed by atoms with van der Waals surface area (Å²) in [4.78, 5) is 0. The quantitative estimate of drug-likeness (QED) is 0.427. The molecule has 0 aliphatic carbocycles. The van der Waals surface area contributed by atoms with E-state index in [1.165, 1.54) is 11.1 Å². The summed E-state index contributed by atoms with van der Waals surface area (Å²) >= 11 is 11.7. The lowest BCUT2D eigenvalue weighted by atomic mass is 9.99. The minimum atomic E-state index is -2.92. The van der Waals surface area contributed by atoms with Crippen LogP contribution in [0, 0.1) is 0 Å². The fraction of sp³-hybridized carbons (Fsp3) is 0.400. The molecule has 2 nitrogen and oxygen atoms in total. The van der Waals surface area contributed by atoms with Crippen molar-refractivity contribution in [1.29, 1.82) is 0 Å². The van der Waals surface area contributed by atoms with Crippen molar-refractivity contribution in [2.75, 3.05) is 0 Å². The maximum atomic E-state index is 6.35. The molecule has 5 heteroatoms. The Hall–Kier alpha value is -1.02. The van der Waals surface area contributed by atoms with Crippen molar-refractivity contribution < 1.29 is 9.05 Å². The van der Waals surface area contributed by atoms with E-state index >= 15 is 0 Å². The largest absolute Gasteiger partial charge is 0.425 e. The van der Waals surface area contributed by atoms with Crippen LogP contribution in [-0.2, 0) is 11.8 Å². The molecule has 0 N–H and O–H groups in total. The molecule has 0 spiro atoms. The van der Waals surface area contributed by atoms with Gasteiger partial charge in [0.1, 0.15) is 11.5 Å². The van der Waals surface area contributed by atoms with Gasteiger partial charge in [0.05, 0.1) is 0 Å². The first-order valence-electron chi connectivity index (χ1n) is 8.73. The smallest absolute Gasteiger partial charge is 0.384 e. The number of hydrogen-bond donors (Lipinski definition) is 0. The second-order valence-corrected chi connectivity index (χ2v) is 11.0. The van der Waals surface area contributed by atoms with Crippen molar-refractivity contribution in [2.45, 2.75) is 52.4 Å². The zero-order valence-corrected chi connectivity index (χ0v) is 17.7. The van der Waals surface area contributed by atoms with Crippen molar-refractivity contribution in [3.8, 4) is 11.5 Å². The first-order valence-corrected chi connectivity index (χ1v) is 12.3. The average molecular weight is 397 g/mol. The van der Waals surface area contributed by atoms with E-state index in [1.54, 1.807) is 0 Å². The van der Waals surface area contributed by atoms with E-state index in [4.69, 9.17) is 32.1 Å². The summed E-state index contributed by atoms with van der Waals surface area (Å²) in [5.74, 6) is -0.598. The minimum Gasteiger partial charge on any atom is -0.425 e.